The molecule has 7 heteroatoms. The Morgan fingerprint density at radius 2 is 2.00 bits per heavy atom. The van der Waals surface area contributed by atoms with E-state index in [4.69, 9.17) is 9.47 Å². The van der Waals surface area contributed by atoms with Crippen molar-refractivity contribution in [1.29, 1.82) is 0 Å². The van der Waals surface area contributed by atoms with Gasteiger partial charge in [0.25, 0.3) is 0 Å². The van der Waals surface area contributed by atoms with Crippen molar-refractivity contribution in [3.8, 4) is 0 Å². The molecule has 0 aromatic carbocycles. The number of thioether (sulfide) groups is 1. The van der Waals surface area contributed by atoms with Crippen molar-refractivity contribution in [3.05, 3.63) is 0 Å². The minimum atomic E-state index is -0.0372. The Morgan fingerprint density at radius 3 is 2.83 bits per heavy atom. The van der Waals surface area contributed by atoms with Crippen LogP contribution in [-0.4, -0.2) is 61.3 Å². The number of nitrogens with one attached hydrogen (secondary N) is 2. The topological polar surface area (TPSA) is 76.7 Å². The number of unbranched alkanes of at least 4 members (excludes halogenated alkanes) is 1. The van der Waals surface area contributed by atoms with Gasteiger partial charge in [-0.2, -0.15) is 11.8 Å². The highest BCUT2D eigenvalue weighted by Crippen LogP contribution is 2.33. The van der Waals surface area contributed by atoms with Crippen LogP contribution < -0.4 is 10.6 Å². The molecule has 2 amide bonds. The van der Waals surface area contributed by atoms with Crippen LogP contribution in [0, 0.1) is 0 Å². The van der Waals surface area contributed by atoms with E-state index in [1.807, 2.05) is 18.7 Å². The molecule has 2 aliphatic rings. The molecule has 0 aromatic heterocycles. The van der Waals surface area contributed by atoms with E-state index in [1.54, 1.807) is 0 Å². The van der Waals surface area contributed by atoms with Crippen molar-refractivity contribution in [2.45, 2.75) is 56.4 Å². The summed E-state index contributed by atoms with van der Waals surface area (Å²) in [6.45, 7) is 4.29. The van der Waals surface area contributed by atoms with Crippen LogP contribution in [0.2, 0.25) is 0 Å². The maximum atomic E-state index is 11.8. The van der Waals surface area contributed by atoms with Crippen molar-refractivity contribution in [1.82, 2.24) is 10.6 Å². The fourth-order valence-corrected chi connectivity index (χ4v) is 4.53. The first kappa shape index (κ1) is 18.5. The second-order valence-corrected chi connectivity index (χ2v) is 7.24. The SMILES string of the molecule is CCOCCOCCC(=O)CCCC[C@@H]1SC[C@@H]2NC(=O)N[C@@H]21. The average molecular weight is 344 g/mol. The molecule has 2 rings (SSSR count). The van der Waals surface area contributed by atoms with Gasteiger partial charge in [0.1, 0.15) is 5.78 Å². The zero-order valence-electron chi connectivity index (χ0n) is 13.8. The lowest BCUT2D eigenvalue weighted by atomic mass is 10.0. The lowest BCUT2D eigenvalue weighted by Gasteiger charge is -2.16. The van der Waals surface area contributed by atoms with E-state index in [0.29, 0.717) is 44.5 Å². The van der Waals surface area contributed by atoms with Gasteiger partial charge in [0, 0.05) is 30.5 Å². The lowest BCUT2D eigenvalue weighted by molar-refractivity contribution is -0.120. The van der Waals surface area contributed by atoms with E-state index in [0.717, 1.165) is 25.0 Å². The molecule has 0 aromatic rings. The fourth-order valence-electron chi connectivity index (χ4n) is 2.99. The quantitative estimate of drug-likeness (QED) is 0.416. The van der Waals surface area contributed by atoms with Crippen LogP contribution in [0.5, 0.6) is 0 Å². The van der Waals surface area contributed by atoms with Crippen LogP contribution >= 0.6 is 11.8 Å². The molecule has 2 saturated heterocycles. The molecule has 0 spiro atoms. The van der Waals surface area contributed by atoms with E-state index in [-0.39, 0.29) is 23.9 Å². The Kier molecular flexibility index (Phi) is 8.19. The van der Waals surface area contributed by atoms with Crippen molar-refractivity contribution in [3.63, 3.8) is 0 Å². The van der Waals surface area contributed by atoms with Gasteiger partial charge in [0.15, 0.2) is 0 Å². The normalized spacial score (nSPS) is 26.0. The van der Waals surface area contributed by atoms with Crippen molar-refractivity contribution in [2.24, 2.45) is 0 Å². The zero-order valence-corrected chi connectivity index (χ0v) is 14.7. The molecule has 0 unspecified atom stereocenters. The molecule has 2 N–H and O–H groups in total. The summed E-state index contributed by atoms with van der Waals surface area (Å²) in [7, 11) is 0. The second-order valence-electron chi connectivity index (χ2n) is 5.97. The molecule has 3 atom stereocenters. The summed E-state index contributed by atoms with van der Waals surface area (Å²) in [6, 6.07) is 0.514. The van der Waals surface area contributed by atoms with Gasteiger partial charge >= 0.3 is 6.03 Å². The highest BCUT2D eigenvalue weighted by molar-refractivity contribution is 8.00. The first-order valence-corrected chi connectivity index (χ1v) is 9.61. The van der Waals surface area contributed by atoms with Gasteiger partial charge in [0.2, 0.25) is 0 Å². The van der Waals surface area contributed by atoms with Crippen molar-refractivity contribution in [2.75, 3.05) is 32.2 Å². The third-order valence-electron chi connectivity index (χ3n) is 4.23. The Morgan fingerprint density at radius 1 is 1.17 bits per heavy atom. The molecule has 23 heavy (non-hydrogen) atoms. The molecule has 0 aliphatic carbocycles. The van der Waals surface area contributed by atoms with Gasteiger partial charge < -0.3 is 20.1 Å². The monoisotopic (exact) mass is 344 g/mol. The predicted molar refractivity (Wildman–Crippen MR) is 90.9 cm³/mol. The summed E-state index contributed by atoms with van der Waals surface area (Å²) in [5.41, 5.74) is 0. The molecular weight excluding hydrogens is 316 g/mol. The molecular formula is C16H28N2O4S. The number of carbonyl (C=O) groups is 2. The van der Waals surface area contributed by atoms with E-state index >= 15 is 0 Å². The highest BCUT2D eigenvalue weighted by Gasteiger charge is 2.42. The molecule has 2 aliphatic heterocycles. The highest BCUT2D eigenvalue weighted by atomic mass is 32.2. The summed E-state index contributed by atoms with van der Waals surface area (Å²) in [6.07, 6.45) is 4.15. The van der Waals surface area contributed by atoms with E-state index < -0.39 is 0 Å². The van der Waals surface area contributed by atoms with Crippen LogP contribution in [0.15, 0.2) is 0 Å². The molecule has 0 radical (unpaired) electrons. The van der Waals surface area contributed by atoms with Crippen LogP contribution in [0.1, 0.15) is 39.0 Å². The van der Waals surface area contributed by atoms with E-state index in [1.165, 1.54) is 0 Å². The number of ether oxygens (including phenoxy) is 2. The minimum Gasteiger partial charge on any atom is -0.379 e. The number of hydrogen-bond donors (Lipinski definition) is 2. The first-order chi connectivity index (χ1) is 11.2. The number of amides is 2. The van der Waals surface area contributed by atoms with Crippen LogP contribution in [0.3, 0.4) is 0 Å². The number of fused-ring (bicyclic) bond motifs is 1. The number of hydrogen-bond acceptors (Lipinski definition) is 5. The van der Waals surface area contributed by atoms with Gasteiger partial charge in [-0.25, -0.2) is 4.79 Å². The molecule has 0 saturated carbocycles. The van der Waals surface area contributed by atoms with Crippen molar-refractivity contribution >= 4 is 23.6 Å². The van der Waals surface area contributed by atoms with Gasteiger partial charge in [0.05, 0.1) is 31.9 Å². The number of Topliss-reactive ketones (excluding diaryl/α,β-unsaturated/α-hetero) is 1. The largest absolute Gasteiger partial charge is 0.379 e. The first-order valence-electron chi connectivity index (χ1n) is 8.56. The van der Waals surface area contributed by atoms with Gasteiger partial charge in [-0.1, -0.05) is 6.42 Å². The van der Waals surface area contributed by atoms with Gasteiger partial charge in [-0.3, -0.25) is 4.79 Å². The average Bonchev–Trinajstić information content (AvgIpc) is 3.07. The summed E-state index contributed by atoms with van der Waals surface area (Å²) >= 11 is 1.92. The maximum absolute atomic E-state index is 11.8. The zero-order chi connectivity index (χ0) is 16.5. The number of carbonyl (C=O) groups excluding carboxylic acids is 2. The molecule has 132 valence electrons. The summed E-state index contributed by atoms with van der Waals surface area (Å²) in [4.78, 5) is 23.1. The molecule has 6 nitrogen and oxygen atoms in total. The third-order valence-corrected chi connectivity index (χ3v) is 5.74. The van der Waals surface area contributed by atoms with Crippen LogP contribution in [0.25, 0.3) is 0 Å². The fraction of sp³-hybridized carbons (Fsp3) is 0.875. The molecule has 2 heterocycles. The van der Waals surface area contributed by atoms with Crippen LogP contribution in [-0.2, 0) is 14.3 Å². The predicted octanol–water partition coefficient (Wildman–Crippen LogP) is 1.72. The lowest BCUT2D eigenvalue weighted by Crippen LogP contribution is -2.36. The molecule has 0 bridgehead atoms. The second kappa shape index (κ2) is 10.2. The minimum absolute atomic E-state index is 0.0372. The maximum Gasteiger partial charge on any atom is 0.315 e. The Labute approximate surface area is 142 Å². The molecule has 2 fully saturated rings. The van der Waals surface area contributed by atoms with Gasteiger partial charge in [-0.15, -0.1) is 0 Å². The van der Waals surface area contributed by atoms with E-state index in [2.05, 4.69) is 10.6 Å². The number of rotatable bonds is 12. The summed E-state index contributed by atoms with van der Waals surface area (Å²) < 4.78 is 10.5. The van der Waals surface area contributed by atoms with E-state index in [9.17, 15) is 9.59 Å². The Bertz CT molecular complexity index is 394. The van der Waals surface area contributed by atoms with Crippen molar-refractivity contribution < 1.29 is 19.1 Å². The summed E-state index contributed by atoms with van der Waals surface area (Å²) in [5, 5.41) is 6.43. The third kappa shape index (κ3) is 6.31. The standard InChI is InChI=1S/C16H28N2O4S/c1-2-21-9-10-22-8-7-12(19)5-3-4-6-14-15-13(11-23-14)17-16(20)18-15/h13-15H,2-11H2,1H3,(H2,17,18,20)/t13-,14-,15-/m0/s1. The summed E-state index contributed by atoms with van der Waals surface area (Å²) in [5.74, 6) is 1.26. The van der Waals surface area contributed by atoms with Crippen LogP contribution in [0.4, 0.5) is 4.79 Å². The smallest absolute Gasteiger partial charge is 0.315 e. The number of ketones is 1. The number of urea groups is 1. The van der Waals surface area contributed by atoms with Gasteiger partial charge in [-0.05, 0) is 19.8 Å². The Hall–Kier alpha value is -0.790. The Balaban J connectivity index is 1.46.